The lowest BCUT2D eigenvalue weighted by Crippen LogP contribution is -2.41. The molecule has 0 fully saturated rings. The molecule has 0 bridgehead atoms. The van der Waals surface area contributed by atoms with Crippen molar-refractivity contribution in [3.63, 3.8) is 0 Å². The summed E-state index contributed by atoms with van der Waals surface area (Å²) in [5.41, 5.74) is 5.49. The Hall–Kier alpha value is -1.53. The van der Waals surface area contributed by atoms with Gasteiger partial charge < -0.3 is 15.4 Å². The van der Waals surface area contributed by atoms with Gasteiger partial charge in [-0.1, -0.05) is 6.07 Å². The van der Waals surface area contributed by atoms with Gasteiger partial charge >= 0.3 is 5.97 Å². The molecule has 0 atom stereocenters. The second-order valence-electron chi connectivity index (χ2n) is 5.47. The van der Waals surface area contributed by atoms with Crippen LogP contribution < -0.4 is 10.6 Å². The molecule has 0 spiro atoms. The molecule has 0 unspecified atom stereocenters. The third kappa shape index (κ3) is 5.77. The molecule has 6 heteroatoms. The average molecular weight is 310 g/mol. The Labute approximate surface area is 129 Å². The van der Waals surface area contributed by atoms with Gasteiger partial charge in [-0.25, -0.2) is 0 Å². The zero-order valence-corrected chi connectivity index (χ0v) is 13.7. The van der Waals surface area contributed by atoms with Gasteiger partial charge in [0.25, 0.3) is 0 Å². The number of thioether (sulfide) groups is 1. The van der Waals surface area contributed by atoms with Crippen LogP contribution in [0.4, 0.5) is 5.69 Å². The molecule has 0 saturated carbocycles. The number of ether oxygens (including phenoxy) is 1. The van der Waals surface area contributed by atoms with Gasteiger partial charge in [0.2, 0.25) is 5.91 Å². The summed E-state index contributed by atoms with van der Waals surface area (Å²) in [7, 11) is 0. The molecule has 0 saturated heterocycles. The van der Waals surface area contributed by atoms with Crippen LogP contribution in [-0.4, -0.2) is 36.8 Å². The van der Waals surface area contributed by atoms with Crippen molar-refractivity contribution in [2.75, 3.05) is 24.2 Å². The van der Waals surface area contributed by atoms with Crippen molar-refractivity contribution in [1.29, 1.82) is 0 Å². The third-order valence-electron chi connectivity index (χ3n) is 2.55. The van der Waals surface area contributed by atoms with Crippen LogP contribution in [0.5, 0.6) is 0 Å². The summed E-state index contributed by atoms with van der Waals surface area (Å²) >= 11 is 1.56. The summed E-state index contributed by atoms with van der Waals surface area (Å²) in [5, 5.41) is 0. The Morgan fingerprint density at radius 3 is 2.52 bits per heavy atom. The van der Waals surface area contributed by atoms with Crippen LogP contribution in [0.3, 0.4) is 0 Å². The monoisotopic (exact) mass is 310 g/mol. The number of esters is 1. The number of carbonyl (C=O) groups excluding carboxylic acids is 2. The van der Waals surface area contributed by atoms with E-state index in [1.807, 2.05) is 24.5 Å². The van der Waals surface area contributed by atoms with Gasteiger partial charge in [-0.15, -0.1) is 11.8 Å². The number of nitrogens with two attached hydrogens (primary N) is 1. The standard InChI is InChI=1S/C15H22N2O3S/c1-15(2,3)20-14(19)10-17(13(18)9-16)11-6-5-7-12(8-11)21-4/h5-8H,9-10,16H2,1-4H3. The quantitative estimate of drug-likeness (QED) is 0.665. The molecular weight excluding hydrogens is 288 g/mol. The van der Waals surface area contributed by atoms with Gasteiger partial charge in [0.1, 0.15) is 12.1 Å². The minimum atomic E-state index is -0.588. The van der Waals surface area contributed by atoms with E-state index in [4.69, 9.17) is 10.5 Å². The Balaban J connectivity index is 2.95. The number of carbonyl (C=O) groups is 2. The van der Waals surface area contributed by atoms with E-state index >= 15 is 0 Å². The first-order chi connectivity index (χ1) is 9.76. The van der Waals surface area contributed by atoms with E-state index in [-0.39, 0.29) is 19.0 Å². The molecule has 1 aromatic carbocycles. The van der Waals surface area contributed by atoms with Crippen molar-refractivity contribution in [3.8, 4) is 0 Å². The number of benzene rings is 1. The molecule has 5 nitrogen and oxygen atoms in total. The van der Waals surface area contributed by atoms with Crippen LogP contribution in [0.15, 0.2) is 29.2 Å². The smallest absolute Gasteiger partial charge is 0.326 e. The minimum Gasteiger partial charge on any atom is -0.459 e. The van der Waals surface area contributed by atoms with E-state index in [1.165, 1.54) is 4.90 Å². The van der Waals surface area contributed by atoms with E-state index in [2.05, 4.69) is 0 Å². The first kappa shape index (κ1) is 17.5. The van der Waals surface area contributed by atoms with Crippen LogP contribution in [0.2, 0.25) is 0 Å². The topological polar surface area (TPSA) is 72.6 Å². The average Bonchev–Trinajstić information content (AvgIpc) is 2.42. The highest BCUT2D eigenvalue weighted by Gasteiger charge is 2.22. The molecule has 0 aliphatic rings. The molecule has 1 amide bonds. The maximum Gasteiger partial charge on any atom is 0.326 e. The van der Waals surface area contributed by atoms with Crippen LogP contribution >= 0.6 is 11.8 Å². The van der Waals surface area contributed by atoms with Crippen molar-refractivity contribution >= 4 is 29.3 Å². The number of rotatable bonds is 5. The third-order valence-corrected chi connectivity index (χ3v) is 3.27. The first-order valence-electron chi connectivity index (χ1n) is 6.63. The van der Waals surface area contributed by atoms with Crippen molar-refractivity contribution in [2.45, 2.75) is 31.3 Å². The molecule has 116 valence electrons. The lowest BCUT2D eigenvalue weighted by Gasteiger charge is -2.25. The fourth-order valence-electron chi connectivity index (χ4n) is 1.71. The van der Waals surface area contributed by atoms with Gasteiger partial charge in [0.05, 0.1) is 6.54 Å². The van der Waals surface area contributed by atoms with Gasteiger partial charge in [-0.2, -0.15) is 0 Å². The van der Waals surface area contributed by atoms with Gasteiger partial charge in [-0.3, -0.25) is 9.59 Å². The number of anilines is 1. The Kier molecular flexibility index (Phi) is 6.23. The number of hydrogen-bond donors (Lipinski definition) is 1. The molecule has 21 heavy (non-hydrogen) atoms. The predicted molar refractivity (Wildman–Crippen MR) is 85.5 cm³/mol. The van der Waals surface area contributed by atoms with Crippen LogP contribution in [0, 0.1) is 0 Å². The van der Waals surface area contributed by atoms with E-state index < -0.39 is 11.6 Å². The maximum atomic E-state index is 12.0. The second kappa shape index (κ2) is 7.47. The highest BCUT2D eigenvalue weighted by molar-refractivity contribution is 7.98. The van der Waals surface area contributed by atoms with Crippen molar-refractivity contribution < 1.29 is 14.3 Å². The number of amides is 1. The molecule has 1 aromatic rings. The zero-order valence-electron chi connectivity index (χ0n) is 12.9. The minimum absolute atomic E-state index is 0.148. The molecule has 0 aromatic heterocycles. The van der Waals surface area contributed by atoms with E-state index in [9.17, 15) is 9.59 Å². The molecule has 0 radical (unpaired) electrons. The molecule has 0 aliphatic heterocycles. The summed E-state index contributed by atoms with van der Waals surface area (Å²) in [5.74, 6) is -0.780. The molecule has 1 rings (SSSR count). The van der Waals surface area contributed by atoms with Gasteiger partial charge in [0.15, 0.2) is 0 Å². The fourth-order valence-corrected chi connectivity index (χ4v) is 2.17. The van der Waals surface area contributed by atoms with E-state index in [0.717, 1.165) is 4.90 Å². The van der Waals surface area contributed by atoms with E-state index in [0.29, 0.717) is 5.69 Å². The Bertz CT molecular complexity index is 512. The van der Waals surface area contributed by atoms with Crippen LogP contribution in [0.1, 0.15) is 20.8 Å². The number of nitrogens with zero attached hydrogens (tertiary/aromatic N) is 1. The van der Waals surface area contributed by atoms with Crippen LogP contribution in [0.25, 0.3) is 0 Å². The summed E-state index contributed by atoms with van der Waals surface area (Å²) in [6.07, 6.45) is 1.95. The molecule has 2 N–H and O–H groups in total. The molecular formula is C15H22N2O3S. The van der Waals surface area contributed by atoms with Crippen molar-refractivity contribution in [2.24, 2.45) is 5.73 Å². The lowest BCUT2D eigenvalue weighted by molar-refractivity contribution is -0.153. The van der Waals surface area contributed by atoms with Gasteiger partial charge in [0, 0.05) is 10.6 Å². The highest BCUT2D eigenvalue weighted by Crippen LogP contribution is 2.22. The zero-order chi connectivity index (χ0) is 16.0. The summed E-state index contributed by atoms with van der Waals surface area (Å²) in [6.45, 7) is 5.05. The van der Waals surface area contributed by atoms with Crippen molar-refractivity contribution in [1.82, 2.24) is 0 Å². The van der Waals surface area contributed by atoms with Crippen LogP contribution in [-0.2, 0) is 14.3 Å². The molecule has 0 aliphatic carbocycles. The molecule has 0 heterocycles. The number of hydrogen-bond acceptors (Lipinski definition) is 5. The normalized spacial score (nSPS) is 11.1. The summed E-state index contributed by atoms with van der Waals surface area (Å²) in [6, 6.07) is 7.40. The second-order valence-corrected chi connectivity index (χ2v) is 6.35. The largest absolute Gasteiger partial charge is 0.459 e. The van der Waals surface area contributed by atoms with Crippen molar-refractivity contribution in [3.05, 3.63) is 24.3 Å². The highest BCUT2D eigenvalue weighted by atomic mass is 32.2. The Morgan fingerprint density at radius 1 is 1.33 bits per heavy atom. The Morgan fingerprint density at radius 2 is 2.00 bits per heavy atom. The summed E-state index contributed by atoms with van der Waals surface area (Å²) < 4.78 is 5.26. The van der Waals surface area contributed by atoms with Gasteiger partial charge in [-0.05, 0) is 45.2 Å². The summed E-state index contributed by atoms with van der Waals surface area (Å²) in [4.78, 5) is 26.3. The lowest BCUT2D eigenvalue weighted by atomic mass is 10.2. The maximum absolute atomic E-state index is 12.0. The first-order valence-corrected chi connectivity index (χ1v) is 7.85. The predicted octanol–water partition coefficient (Wildman–Crippen LogP) is 2.04. The van der Waals surface area contributed by atoms with E-state index in [1.54, 1.807) is 38.6 Å². The SMILES string of the molecule is CSc1cccc(N(CC(=O)OC(C)(C)C)C(=O)CN)c1. The fraction of sp³-hybridized carbons (Fsp3) is 0.467.